The molecule has 0 spiro atoms. The molecule has 0 radical (unpaired) electrons. The summed E-state index contributed by atoms with van der Waals surface area (Å²) < 4.78 is 29.5. The van der Waals surface area contributed by atoms with E-state index in [1.165, 1.54) is 17.0 Å². The number of amides is 2. The van der Waals surface area contributed by atoms with E-state index in [4.69, 9.17) is 23.2 Å². The minimum absolute atomic E-state index is 0.0179. The van der Waals surface area contributed by atoms with E-state index < -0.39 is 28.5 Å². The van der Waals surface area contributed by atoms with Gasteiger partial charge in [0.05, 0.1) is 10.6 Å². The molecule has 1 atom stereocenters. The fourth-order valence-corrected chi connectivity index (χ4v) is 6.07. The van der Waals surface area contributed by atoms with Crippen molar-refractivity contribution in [2.24, 2.45) is 0 Å². The van der Waals surface area contributed by atoms with Crippen LogP contribution in [0.5, 0.6) is 0 Å². The van der Waals surface area contributed by atoms with Crippen molar-refractivity contribution in [3.8, 4) is 0 Å². The zero-order valence-electron chi connectivity index (χ0n) is 22.5. The third-order valence-electron chi connectivity index (χ3n) is 6.36. The summed E-state index contributed by atoms with van der Waals surface area (Å²) in [4.78, 5) is 28.4. The van der Waals surface area contributed by atoms with Gasteiger partial charge in [0.15, 0.2) is 0 Å². The highest BCUT2D eigenvalue weighted by molar-refractivity contribution is 9.10. The summed E-state index contributed by atoms with van der Waals surface area (Å²) in [6.45, 7) is 5.40. The molecule has 3 rings (SSSR count). The summed E-state index contributed by atoms with van der Waals surface area (Å²) in [6, 6.07) is 17.0. The number of benzene rings is 3. The van der Waals surface area contributed by atoms with E-state index in [9.17, 15) is 18.0 Å². The number of sulfonamides is 1. The van der Waals surface area contributed by atoms with Crippen molar-refractivity contribution in [2.45, 2.75) is 51.1 Å². The molecule has 0 fully saturated rings. The zero-order valence-corrected chi connectivity index (χ0v) is 26.4. The van der Waals surface area contributed by atoms with Crippen molar-refractivity contribution in [3.63, 3.8) is 0 Å². The lowest BCUT2D eigenvalue weighted by atomic mass is 10.1. The van der Waals surface area contributed by atoms with Gasteiger partial charge in [-0.25, -0.2) is 8.42 Å². The van der Waals surface area contributed by atoms with Crippen LogP contribution in [0.25, 0.3) is 0 Å². The minimum atomic E-state index is -4.14. The molecular weight excluding hydrogens is 637 g/mol. The zero-order chi connectivity index (χ0) is 29.4. The van der Waals surface area contributed by atoms with Gasteiger partial charge >= 0.3 is 0 Å². The topological polar surface area (TPSA) is 86.8 Å². The van der Waals surface area contributed by atoms with Gasteiger partial charge in [-0.3, -0.25) is 13.9 Å². The Hall–Kier alpha value is -2.59. The normalized spacial score (nSPS) is 12.1. The molecule has 0 bridgehead atoms. The van der Waals surface area contributed by atoms with Gasteiger partial charge in [-0.1, -0.05) is 76.2 Å². The first kappa shape index (κ1) is 31.9. The summed E-state index contributed by atoms with van der Waals surface area (Å²) in [6.07, 6.45) is 1.69. The molecule has 0 aromatic heterocycles. The Morgan fingerprint density at radius 1 is 1.00 bits per heavy atom. The van der Waals surface area contributed by atoms with Crippen LogP contribution in [0, 0.1) is 6.92 Å². The Kier molecular flexibility index (Phi) is 11.5. The van der Waals surface area contributed by atoms with Gasteiger partial charge in [0.25, 0.3) is 10.0 Å². The first-order valence-corrected chi connectivity index (χ1v) is 15.8. The van der Waals surface area contributed by atoms with E-state index in [-0.39, 0.29) is 17.3 Å². The van der Waals surface area contributed by atoms with Crippen LogP contribution >= 0.6 is 39.1 Å². The molecule has 0 aliphatic rings. The lowest BCUT2D eigenvalue weighted by Gasteiger charge is -2.32. The maximum atomic E-state index is 13.9. The Morgan fingerprint density at radius 2 is 1.65 bits per heavy atom. The van der Waals surface area contributed by atoms with Gasteiger partial charge in [0.2, 0.25) is 11.8 Å². The molecule has 214 valence electrons. The predicted octanol–water partition coefficient (Wildman–Crippen LogP) is 6.59. The Balaban J connectivity index is 2.01. The third kappa shape index (κ3) is 8.22. The summed E-state index contributed by atoms with van der Waals surface area (Å²) in [5.41, 5.74) is 1.78. The number of rotatable bonds is 12. The Morgan fingerprint density at radius 3 is 2.25 bits per heavy atom. The fourth-order valence-electron chi connectivity index (χ4n) is 3.93. The van der Waals surface area contributed by atoms with E-state index in [0.717, 1.165) is 27.2 Å². The quantitative estimate of drug-likeness (QED) is 0.221. The molecule has 0 saturated carbocycles. The number of nitrogens with one attached hydrogen (secondary N) is 1. The predicted molar refractivity (Wildman–Crippen MR) is 164 cm³/mol. The fraction of sp³-hybridized carbons (Fsp3) is 0.310. The lowest BCUT2D eigenvalue weighted by Crippen LogP contribution is -2.51. The molecule has 1 unspecified atom stereocenters. The van der Waals surface area contributed by atoms with E-state index >= 15 is 0 Å². The first-order chi connectivity index (χ1) is 18.9. The molecule has 3 aromatic carbocycles. The molecule has 2 amide bonds. The standard InChI is InChI=1S/C29H32BrCl2N3O4S/c1-4-5-16-33-29(37)21(3)34(18-22-8-11-24(31)17-27(22)32)28(36)19-35(25-12-9-23(30)10-13-25)40(38,39)26-14-6-20(2)7-15-26/h6-15,17,21H,4-5,16,18-19H2,1-3H3,(H,33,37). The van der Waals surface area contributed by atoms with Crippen molar-refractivity contribution < 1.29 is 18.0 Å². The van der Waals surface area contributed by atoms with Crippen LogP contribution in [0.1, 0.15) is 37.8 Å². The number of aryl methyl sites for hydroxylation is 1. The number of nitrogens with zero attached hydrogens (tertiary/aromatic N) is 2. The molecule has 0 saturated heterocycles. The summed E-state index contributed by atoms with van der Waals surface area (Å²) in [5, 5.41) is 3.62. The van der Waals surface area contributed by atoms with Crippen LogP contribution in [0.3, 0.4) is 0 Å². The van der Waals surface area contributed by atoms with Gasteiger partial charge in [-0.05, 0) is 74.4 Å². The molecule has 0 aliphatic heterocycles. The SMILES string of the molecule is CCCCNC(=O)C(C)N(Cc1ccc(Cl)cc1Cl)C(=O)CN(c1ccc(Br)cc1)S(=O)(=O)c1ccc(C)cc1. The number of unbranched alkanes of at least 4 members (excludes halogenated alkanes) is 1. The highest BCUT2D eigenvalue weighted by Gasteiger charge is 2.32. The second-order valence-corrected chi connectivity index (χ2v) is 13.0. The molecule has 11 heteroatoms. The van der Waals surface area contributed by atoms with Crippen molar-refractivity contribution in [1.82, 2.24) is 10.2 Å². The van der Waals surface area contributed by atoms with Gasteiger partial charge in [0.1, 0.15) is 12.6 Å². The summed E-state index contributed by atoms with van der Waals surface area (Å²) in [7, 11) is -4.14. The van der Waals surface area contributed by atoms with Crippen LogP contribution in [0.2, 0.25) is 10.0 Å². The molecule has 7 nitrogen and oxygen atoms in total. The summed E-state index contributed by atoms with van der Waals surface area (Å²) >= 11 is 15.8. The van der Waals surface area contributed by atoms with Gasteiger partial charge in [0, 0.05) is 27.6 Å². The van der Waals surface area contributed by atoms with E-state index in [1.54, 1.807) is 61.5 Å². The van der Waals surface area contributed by atoms with E-state index in [0.29, 0.717) is 27.8 Å². The smallest absolute Gasteiger partial charge is 0.264 e. The van der Waals surface area contributed by atoms with Crippen LogP contribution in [-0.2, 0) is 26.2 Å². The maximum Gasteiger partial charge on any atom is 0.264 e. The third-order valence-corrected chi connectivity index (χ3v) is 9.26. The number of halogens is 3. The highest BCUT2D eigenvalue weighted by atomic mass is 79.9. The van der Waals surface area contributed by atoms with Crippen LogP contribution in [-0.4, -0.2) is 44.3 Å². The number of carbonyl (C=O) groups excluding carboxylic acids is 2. The van der Waals surface area contributed by atoms with E-state index in [1.807, 2.05) is 13.8 Å². The lowest BCUT2D eigenvalue weighted by molar-refractivity contribution is -0.139. The van der Waals surface area contributed by atoms with Gasteiger partial charge in [-0.15, -0.1) is 0 Å². The second kappa shape index (κ2) is 14.3. The molecular formula is C29H32BrCl2N3O4S. The van der Waals surface area contributed by atoms with Crippen LogP contribution in [0.4, 0.5) is 5.69 Å². The number of anilines is 1. The van der Waals surface area contributed by atoms with Crippen molar-refractivity contribution in [3.05, 3.63) is 92.4 Å². The molecule has 0 heterocycles. The number of carbonyl (C=O) groups is 2. The maximum absolute atomic E-state index is 13.9. The van der Waals surface area contributed by atoms with Crippen LogP contribution < -0.4 is 9.62 Å². The van der Waals surface area contributed by atoms with Gasteiger partial charge in [-0.2, -0.15) is 0 Å². The highest BCUT2D eigenvalue weighted by Crippen LogP contribution is 2.27. The molecule has 3 aromatic rings. The average molecular weight is 669 g/mol. The number of hydrogen-bond donors (Lipinski definition) is 1. The van der Waals surface area contributed by atoms with Crippen molar-refractivity contribution in [1.29, 1.82) is 0 Å². The second-order valence-electron chi connectivity index (χ2n) is 9.38. The van der Waals surface area contributed by atoms with Crippen molar-refractivity contribution >= 4 is 66.7 Å². The Bertz CT molecular complexity index is 1430. The molecule has 1 N–H and O–H groups in total. The monoisotopic (exact) mass is 667 g/mol. The van der Waals surface area contributed by atoms with Crippen LogP contribution in [0.15, 0.2) is 76.1 Å². The number of hydrogen-bond acceptors (Lipinski definition) is 4. The van der Waals surface area contributed by atoms with E-state index in [2.05, 4.69) is 21.2 Å². The first-order valence-electron chi connectivity index (χ1n) is 12.8. The Labute approximate surface area is 254 Å². The van der Waals surface area contributed by atoms with Crippen molar-refractivity contribution in [2.75, 3.05) is 17.4 Å². The molecule has 0 aliphatic carbocycles. The largest absolute Gasteiger partial charge is 0.354 e. The molecule has 40 heavy (non-hydrogen) atoms. The minimum Gasteiger partial charge on any atom is -0.354 e. The van der Waals surface area contributed by atoms with Gasteiger partial charge < -0.3 is 10.2 Å². The average Bonchev–Trinajstić information content (AvgIpc) is 2.91. The summed E-state index contributed by atoms with van der Waals surface area (Å²) in [5.74, 6) is -0.911.